The Balaban J connectivity index is 2.33. The van der Waals surface area contributed by atoms with Crippen LogP contribution in [0.15, 0.2) is 0 Å². The Hall–Kier alpha value is -0.770. The van der Waals surface area contributed by atoms with Crippen molar-refractivity contribution in [3.63, 3.8) is 0 Å². The van der Waals surface area contributed by atoms with Gasteiger partial charge in [0, 0.05) is 19.5 Å². The minimum Gasteiger partial charge on any atom is -0.481 e. The molecule has 1 saturated heterocycles. The predicted molar refractivity (Wildman–Crippen MR) is 43.1 cm³/mol. The van der Waals surface area contributed by atoms with E-state index in [1.165, 1.54) is 4.90 Å². The molecule has 68 valence electrons. The molecule has 0 saturated carbocycles. The monoisotopic (exact) mass is 191 g/mol. The van der Waals surface area contributed by atoms with E-state index in [9.17, 15) is 9.59 Å². The molecule has 0 spiro atoms. The van der Waals surface area contributed by atoms with E-state index in [0.29, 0.717) is 13.0 Å². The average Bonchev–Trinajstić information content (AvgIpc) is 2.26. The highest BCUT2D eigenvalue weighted by Crippen LogP contribution is 2.15. The van der Waals surface area contributed by atoms with Gasteiger partial charge in [0.15, 0.2) is 0 Å². The van der Waals surface area contributed by atoms with Crippen LogP contribution in [0.1, 0.15) is 12.8 Å². The lowest BCUT2D eigenvalue weighted by molar-refractivity contribution is -0.137. The fourth-order valence-corrected chi connectivity index (χ4v) is 1.47. The molecular weight excluding hydrogens is 182 g/mol. The van der Waals surface area contributed by atoms with Crippen molar-refractivity contribution in [3.8, 4) is 0 Å². The number of nitrogens with zero attached hydrogens (tertiary/aromatic N) is 1. The van der Waals surface area contributed by atoms with Crippen LogP contribution in [0.5, 0.6) is 0 Å². The first-order chi connectivity index (χ1) is 5.59. The molecule has 12 heavy (non-hydrogen) atoms. The van der Waals surface area contributed by atoms with E-state index < -0.39 is 5.97 Å². The number of alkyl halides is 1. The number of carbonyl (C=O) groups is 2. The second-order valence-electron chi connectivity index (χ2n) is 2.78. The van der Waals surface area contributed by atoms with Crippen LogP contribution in [0.2, 0.25) is 0 Å². The molecular formula is C7H10ClNO3. The summed E-state index contributed by atoms with van der Waals surface area (Å²) in [7, 11) is 0. The molecule has 1 heterocycles. The SMILES string of the molecule is O=C(O)CCN1CC(Cl)CC1=O. The van der Waals surface area contributed by atoms with Crippen molar-refractivity contribution < 1.29 is 14.7 Å². The Morgan fingerprint density at radius 2 is 2.42 bits per heavy atom. The highest BCUT2D eigenvalue weighted by atomic mass is 35.5. The van der Waals surface area contributed by atoms with Crippen molar-refractivity contribution in [2.24, 2.45) is 0 Å². The lowest BCUT2D eigenvalue weighted by Gasteiger charge is -2.13. The molecule has 1 amide bonds. The lowest BCUT2D eigenvalue weighted by Crippen LogP contribution is -2.27. The third-order valence-electron chi connectivity index (χ3n) is 1.76. The van der Waals surface area contributed by atoms with E-state index >= 15 is 0 Å². The molecule has 0 aromatic carbocycles. The summed E-state index contributed by atoms with van der Waals surface area (Å²) in [5.74, 6) is -0.933. The van der Waals surface area contributed by atoms with E-state index in [2.05, 4.69) is 0 Å². The molecule has 1 atom stereocenters. The van der Waals surface area contributed by atoms with Crippen LogP contribution in [0.4, 0.5) is 0 Å². The van der Waals surface area contributed by atoms with Crippen molar-refractivity contribution in [1.29, 1.82) is 0 Å². The van der Waals surface area contributed by atoms with Crippen LogP contribution in [0.3, 0.4) is 0 Å². The molecule has 0 radical (unpaired) electrons. The smallest absolute Gasteiger partial charge is 0.305 e. The molecule has 4 nitrogen and oxygen atoms in total. The van der Waals surface area contributed by atoms with Gasteiger partial charge < -0.3 is 10.0 Å². The quantitative estimate of drug-likeness (QED) is 0.653. The van der Waals surface area contributed by atoms with Gasteiger partial charge in [-0.2, -0.15) is 0 Å². The molecule has 1 aliphatic rings. The molecule has 1 aliphatic heterocycles. The van der Waals surface area contributed by atoms with Gasteiger partial charge in [0.1, 0.15) is 0 Å². The van der Waals surface area contributed by atoms with Crippen molar-refractivity contribution >= 4 is 23.5 Å². The van der Waals surface area contributed by atoms with Gasteiger partial charge in [-0.15, -0.1) is 11.6 Å². The van der Waals surface area contributed by atoms with Crippen LogP contribution >= 0.6 is 11.6 Å². The number of carboxylic acids is 1. The number of amides is 1. The number of hydrogen-bond donors (Lipinski definition) is 1. The largest absolute Gasteiger partial charge is 0.481 e. The second-order valence-corrected chi connectivity index (χ2v) is 3.40. The van der Waals surface area contributed by atoms with Crippen molar-refractivity contribution in [3.05, 3.63) is 0 Å². The van der Waals surface area contributed by atoms with Crippen molar-refractivity contribution in [2.45, 2.75) is 18.2 Å². The molecule has 0 bridgehead atoms. The van der Waals surface area contributed by atoms with E-state index in [1.807, 2.05) is 0 Å². The number of aliphatic carboxylic acids is 1. The first-order valence-corrected chi connectivity index (χ1v) is 4.17. The first-order valence-electron chi connectivity index (χ1n) is 3.73. The Bertz CT molecular complexity index is 207. The number of rotatable bonds is 3. The molecule has 0 aromatic heterocycles. The molecule has 1 fully saturated rings. The molecule has 0 aromatic rings. The average molecular weight is 192 g/mol. The van der Waals surface area contributed by atoms with Gasteiger partial charge in [-0.1, -0.05) is 0 Å². The first kappa shape index (κ1) is 9.32. The zero-order valence-corrected chi connectivity index (χ0v) is 7.25. The maximum Gasteiger partial charge on any atom is 0.305 e. The summed E-state index contributed by atoms with van der Waals surface area (Å²) in [5, 5.41) is 8.21. The lowest BCUT2D eigenvalue weighted by atomic mass is 10.4. The third-order valence-corrected chi connectivity index (χ3v) is 2.06. The maximum absolute atomic E-state index is 11.0. The number of carbonyl (C=O) groups excluding carboxylic acids is 1. The maximum atomic E-state index is 11.0. The summed E-state index contributed by atoms with van der Waals surface area (Å²) < 4.78 is 0. The Morgan fingerprint density at radius 1 is 1.75 bits per heavy atom. The van der Waals surface area contributed by atoms with E-state index in [0.717, 1.165) is 0 Å². The topological polar surface area (TPSA) is 57.6 Å². The number of hydrogen-bond acceptors (Lipinski definition) is 2. The van der Waals surface area contributed by atoms with E-state index in [4.69, 9.17) is 16.7 Å². The number of halogens is 1. The van der Waals surface area contributed by atoms with Crippen LogP contribution < -0.4 is 0 Å². The third kappa shape index (κ3) is 2.37. The normalized spacial score (nSPS) is 23.2. The number of likely N-dealkylation sites (tertiary alicyclic amines) is 1. The van der Waals surface area contributed by atoms with E-state index in [1.54, 1.807) is 0 Å². The minimum absolute atomic E-state index is 0.00461. The van der Waals surface area contributed by atoms with Gasteiger partial charge in [0.05, 0.1) is 11.8 Å². The van der Waals surface area contributed by atoms with Gasteiger partial charge in [-0.05, 0) is 0 Å². The van der Waals surface area contributed by atoms with Crippen molar-refractivity contribution in [1.82, 2.24) is 4.90 Å². The standard InChI is InChI=1S/C7H10ClNO3/c8-5-3-6(10)9(4-5)2-1-7(11)12/h5H,1-4H2,(H,11,12). The van der Waals surface area contributed by atoms with Gasteiger partial charge in [-0.25, -0.2) is 0 Å². The Labute approximate surface area is 75.1 Å². The summed E-state index contributed by atoms with van der Waals surface area (Å²) in [5.41, 5.74) is 0. The Kier molecular flexibility index (Phi) is 2.92. The fourth-order valence-electron chi connectivity index (χ4n) is 1.17. The Morgan fingerprint density at radius 3 is 2.83 bits per heavy atom. The zero-order valence-electron chi connectivity index (χ0n) is 6.49. The summed E-state index contributed by atoms with van der Waals surface area (Å²) in [6.45, 7) is 0.755. The van der Waals surface area contributed by atoms with E-state index in [-0.39, 0.29) is 24.2 Å². The van der Waals surface area contributed by atoms with Crippen LogP contribution in [-0.4, -0.2) is 40.3 Å². The van der Waals surface area contributed by atoms with Crippen LogP contribution in [0, 0.1) is 0 Å². The highest BCUT2D eigenvalue weighted by molar-refractivity contribution is 6.22. The number of carboxylic acid groups (broad SMARTS) is 1. The minimum atomic E-state index is -0.888. The molecule has 1 N–H and O–H groups in total. The molecule has 0 aliphatic carbocycles. The molecule has 5 heteroatoms. The van der Waals surface area contributed by atoms with Crippen molar-refractivity contribution in [2.75, 3.05) is 13.1 Å². The van der Waals surface area contributed by atoms with Gasteiger partial charge in [-0.3, -0.25) is 9.59 Å². The highest BCUT2D eigenvalue weighted by Gasteiger charge is 2.27. The second kappa shape index (κ2) is 3.76. The molecule has 1 unspecified atom stereocenters. The summed E-state index contributed by atoms with van der Waals surface area (Å²) in [4.78, 5) is 22.7. The summed E-state index contributed by atoms with van der Waals surface area (Å²) in [6.07, 6.45) is 0.330. The molecule has 1 rings (SSSR count). The predicted octanol–water partition coefficient (Wildman–Crippen LogP) is 0.301. The summed E-state index contributed by atoms with van der Waals surface area (Å²) >= 11 is 5.71. The van der Waals surface area contributed by atoms with Gasteiger partial charge >= 0.3 is 5.97 Å². The van der Waals surface area contributed by atoms with Gasteiger partial charge in [0.25, 0.3) is 0 Å². The van der Waals surface area contributed by atoms with Gasteiger partial charge in [0.2, 0.25) is 5.91 Å². The summed E-state index contributed by atoms with van der Waals surface area (Å²) in [6, 6.07) is 0. The van der Waals surface area contributed by atoms with Crippen LogP contribution in [0.25, 0.3) is 0 Å². The van der Waals surface area contributed by atoms with Crippen LogP contribution in [-0.2, 0) is 9.59 Å². The fraction of sp³-hybridized carbons (Fsp3) is 0.714. The zero-order chi connectivity index (χ0) is 9.14.